The van der Waals surface area contributed by atoms with Gasteiger partial charge in [-0.15, -0.1) is 10.2 Å². The number of methoxy groups -OCH3 is 1. The van der Waals surface area contributed by atoms with E-state index in [4.69, 9.17) is 16.3 Å². The molecule has 0 fully saturated rings. The zero-order chi connectivity index (χ0) is 24.7. The van der Waals surface area contributed by atoms with E-state index in [0.29, 0.717) is 39.5 Å². The van der Waals surface area contributed by atoms with Crippen LogP contribution in [0.15, 0.2) is 53.7 Å². The number of thioether (sulfide) groups is 1. The first-order chi connectivity index (χ1) is 16.3. The van der Waals surface area contributed by atoms with Gasteiger partial charge in [0.15, 0.2) is 11.0 Å². The molecule has 3 aromatic rings. The highest BCUT2D eigenvalue weighted by Crippen LogP contribution is 2.26. The molecular formula is C24H28ClN5O3S. The summed E-state index contributed by atoms with van der Waals surface area (Å²) in [7, 11) is 1.58. The normalized spacial score (nSPS) is 11.8. The standard InChI is InChI=1S/C24H28ClN5O3S/c1-5-30-22(21(15(2)3)27-23(32)16-6-12-19(33-4)13-7-16)28-29-24(30)34-14-20(31)26-18-10-8-17(25)9-11-18/h6-13,15,21H,5,14H2,1-4H3,(H,26,31)(H,27,32). The van der Waals surface area contributed by atoms with Gasteiger partial charge in [0.1, 0.15) is 5.75 Å². The number of carbonyl (C=O) groups excluding carboxylic acids is 2. The Kier molecular flexibility index (Phi) is 8.95. The third kappa shape index (κ3) is 6.51. The molecule has 0 radical (unpaired) electrons. The highest BCUT2D eigenvalue weighted by Gasteiger charge is 2.26. The third-order valence-electron chi connectivity index (χ3n) is 5.11. The Morgan fingerprint density at radius 2 is 1.76 bits per heavy atom. The van der Waals surface area contributed by atoms with Gasteiger partial charge in [-0.2, -0.15) is 0 Å². The highest BCUT2D eigenvalue weighted by atomic mass is 35.5. The van der Waals surface area contributed by atoms with Gasteiger partial charge in [-0.1, -0.05) is 37.2 Å². The zero-order valence-electron chi connectivity index (χ0n) is 19.5. The largest absolute Gasteiger partial charge is 0.497 e. The van der Waals surface area contributed by atoms with Crippen molar-refractivity contribution in [1.82, 2.24) is 20.1 Å². The van der Waals surface area contributed by atoms with Crippen LogP contribution in [0.1, 0.15) is 43.0 Å². The first-order valence-electron chi connectivity index (χ1n) is 10.9. The maximum absolute atomic E-state index is 12.9. The lowest BCUT2D eigenvalue weighted by Gasteiger charge is -2.22. The van der Waals surface area contributed by atoms with E-state index in [1.165, 1.54) is 11.8 Å². The van der Waals surface area contributed by atoms with E-state index in [2.05, 4.69) is 20.8 Å². The monoisotopic (exact) mass is 501 g/mol. The summed E-state index contributed by atoms with van der Waals surface area (Å²) in [6.45, 7) is 6.61. The van der Waals surface area contributed by atoms with E-state index < -0.39 is 0 Å². The Balaban J connectivity index is 1.69. The van der Waals surface area contributed by atoms with Crippen molar-refractivity contribution < 1.29 is 14.3 Å². The van der Waals surface area contributed by atoms with Crippen LogP contribution in [0, 0.1) is 5.92 Å². The number of aromatic nitrogens is 3. The molecule has 0 aliphatic rings. The topological polar surface area (TPSA) is 98.1 Å². The van der Waals surface area contributed by atoms with E-state index in [-0.39, 0.29) is 29.5 Å². The molecule has 2 N–H and O–H groups in total. The molecule has 8 nitrogen and oxygen atoms in total. The molecule has 0 bridgehead atoms. The molecule has 1 atom stereocenters. The van der Waals surface area contributed by atoms with E-state index in [1.54, 1.807) is 55.6 Å². The summed E-state index contributed by atoms with van der Waals surface area (Å²) < 4.78 is 7.09. The number of benzene rings is 2. The molecule has 0 saturated carbocycles. The van der Waals surface area contributed by atoms with Gasteiger partial charge in [-0.3, -0.25) is 9.59 Å². The smallest absolute Gasteiger partial charge is 0.251 e. The Morgan fingerprint density at radius 1 is 1.09 bits per heavy atom. The lowest BCUT2D eigenvalue weighted by molar-refractivity contribution is -0.113. The molecule has 1 unspecified atom stereocenters. The molecule has 0 spiro atoms. The van der Waals surface area contributed by atoms with Gasteiger partial charge in [0.05, 0.1) is 18.9 Å². The minimum Gasteiger partial charge on any atom is -0.497 e. The molecular weight excluding hydrogens is 474 g/mol. The molecule has 0 aliphatic carbocycles. The van der Waals surface area contributed by atoms with E-state index in [0.717, 1.165) is 0 Å². The van der Waals surface area contributed by atoms with Crippen molar-refractivity contribution in [2.24, 2.45) is 5.92 Å². The lowest BCUT2D eigenvalue weighted by Crippen LogP contribution is -2.33. The Morgan fingerprint density at radius 3 is 2.35 bits per heavy atom. The number of halogens is 1. The average Bonchev–Trinajstić information content (AvgIpc) is 3.24. The van der Waals surface area contributed by atoms with E-state index in [9.17, 15) is 9.59 Å². The Hall–Kier alpha value is -3.04. The lowest BCUT2D eigenvalue weighted by atomic mass is 10.0. The van der Waals surface area contributed by atoms with Crippen molar-refractivity contribution in [3.05, 3.63) is 64.9 Å². The zero-order valence-corrected chi connectivity index (χ0v) is 21.1. The number of anilines is 1. The molecule has 2 amide bonds. The first-order valence-corrected chi connectivity index (χ1v) is 12.2. The number of hydrogen-bond donors (Lipinski definition) is 2. The predicted octanol–water partition coefficient (Wildman–Crippen LogP) is 4.82. The molecule has 3 rings (SSSR count). The number of nitrogens with one attached hydrogen (secondary N) is 2. The van der Waals surface area contributed by atoms with Gasteiger partial charge in [0.25, 0.3) is 5.91 Å². The quantitative estimate of drug-likeness (QED) is 0.386. The summed E-state index contributed by atoms with van der Waals surface area (Å²) in [6, 6.07) is 13.5. The Bertz CT molecular complexity index is 1120. The average molecular weight is 502 g/mol. The van der Waals surface area contributed by atoms with Crippen molar-refractivity contribution in [2.45, 2.75) is 38.5 Å². The number of amides is 2. The van der Waals surface area contributed by atoms with Crippen LogP contribution < -0.4 is 15.4 Å². The minimum absolute atomic E-state index is 0.0720. The van der Waals surface area contributed by atoms with Crippen molar-refractivity contribution in [2.75, 3.05) is 18.2 Å². The summed E-state index contributed by atoms with van der Waals surface area (Å²) in [4.78, 5) is 25.3. The van der Waals surface area contributed by atoms with Gasteiger partial charge in [0, 0.05) is 22.8 Å². The first kappa shape index (κ1) is 25.6. The van der Waals surface area contributed by atoms with E-state index >= 15 is 0 Å². The fourth-order valence-electron chi connectivity index (χ4n) is 3.29. The van der Waals surface area contributed by atoms with Crippen LogP contribution in [0.5, 0.6) is 5.75 Å². The minimum atomic E-state index is -0.348. The SMILES string of the molecule is CCn1c(SCC(=O)Nc2ccc(Cl)cc2)nnc1C(NC(=O)c1ccc(OC)cc1)C(C)C. The van der Waals surface area contributed by atoms with Crippen LogP contribution in [0.4, 0.5) is 5.69 Å². The molecule has 34 heavy (non-hydrogen) atoms. The van der Waals surface area contributed by atoms with Crippen molar-refractivity contribution >= 4 is 40.9 Å². The van der Waals surface area contributed by atoms with Crippen LogP contribution in [0.25, 0.3) is 0 Å². The van der Waals surface area contributed by atoms with Crippen LogP contribution in [-0.4, -0.2) is 39.4 Å². The van der Waals surface area contributed by atoms with Gasteiger partial charge < -0.3 is 19.9 Å². The number of ether oxygens (including phenoxy) is 1. The second-order valence-corrected chi connectivity index (χ2v) is 9.23. The summed E-state index contributed by atoms with van der Waals surface area (Å²) in [6.07, 6.45) is 0. The number of carbonyl (C=O) groups is 2. The molecule has 1 aromatic heterocycles. The number of rotatable bonds is 10. The predicted molar refractivity (Wildman–Crippen MR) is 135 cm³/mol. The van der Waals surface area contributed by atoms with Gasteiger partial charge in [0.2, 0.25) is 5.91 Å². The summed E-state index contributed by atoms with van der Waals surface area (Å²) in [5.74, 6) is 1.22. The summed E-state index contributed by atoms with van der Waals surface area (Å²) in [5.41, 5.74) is 1.20. The molecule has 10 heteroatoms. The fraction of sp³-hybridized carbons (Fsp3) is 0.333. The van der Waals surface area contributed by atoms with Crippen molar-refractivity contribution in [3.8, 4) is 5.75 Å². The summed E-state index contributed by atoms with van der Waals surface area (Å²) in [5, 5.41) is 15.8. The maximum atomic E-state index is 12.9. The van der Waals surface area contributed by atoms with Crippen LogP contribution >= 0.6 is 23.4 Å². The molecule has 0 saturated heterocycles. The van der Waals surface area contributed by atoms with Crippen LogP contribution in [-0.2, 0) is 11.3 Å². The van der Waals surface area contributed by atoms with E-state index in [1.807, 2.05) is 25.3 Å². The second kappa shape index (κ2) is 11.9. The van der Waals surface area contributed by atoms with Crippen molar-refractivity contribution in [1.29, 1.82) is 0 Å². The molecule has 0 aliphatic heterocycles. The van der Waals surface area contributed by atoms with Crippen LogP contribution in [0.3, 0.4) is 0 Å². The highest BCUT2D eigenvalue weighted by molar-refractivity contribution is 7.99. The van der Waals surface area contributed by atoms with Gasteiger partial charge in [-0.25, -0.2) is 0 Å². The summed E-state index contributed by atoms with van der Waals surface area (Å²) >= 11 is 7.18. The third-order valence-corrected chi connectivity index (χ3v) is 6.32. The molecule has 2 aromatic carbocycles. The molecule has 1 heterocycles. The van der Waals surface area contributed by atoms with Gasteiger partial charge in [-0.05, 0) is 61.4 Å². The second-order valence-electron chi connectivity index (χ2n) is 7.85. The van der Waals surface area contributed by atoms with Crippen molar-refractivity contribution in [3.63, 3.8) is 0 Å². The molecule has 180 valence electrons. The Labute approximate surface area is 208 Å². The maximum Gasteiger partial charge on any atom is 0.251 e. The number of nitrogens with zero attached hydrogens (tertiary/aromatic N) is 3. The fourth-order valence-corrected chi connectivity index (χ4v) is 4.23. The van der Waals surface area contributed by atoms with Gasteiger partial charge >= 0.3 is 0 Å². The van der Waals surface area contributed by atoms with Crippen LogP contribution in [0.2, 0.25) is 5.02 Å². The number of hydrogen-bond acceptors (Lipinski definition) is 6.